The third-order valence-electron chi connectivity index (χ3n) is 3.03. The van der Waals surface area contributed by atoms with E-state index in [9.17, 15) is 0 Å². The molecule has 0 spiro atoms. The molecule has 0 saturated carbocycles. The first-order valence-electron chi connectivity index (χ1n) is 5.25. The number of rotatable bonds is 2. The molecule has 2 saturated heterocycles. The molecular formula is C10H20N2O. The van der Waals surface area contributed by atoms with Crippen LogP contribution in [0.15, 0.2) is 0 Å². The third-order valence-corrected chi connectivity index (χ3v) is 3.03. The molecule has 2 N–H and O–H groups in total. The van der Waals surface area contributed by atoms with Crippen LogP contribution in [0.2, 0.25) is 0 Å². The van der Waals surface area contributed by atoms with Crippen molar-refractivity contribution in [2.45, 2.75) is 25.3 Å². The fraction of sp³-hybridized carbons (Fsp3) is 1.00. The van der Waals surface area contributed by atoms with E-state index in [1.807, 2.05) is 0 Å². The molecule has 2 fully saturated rings. The summed E-state index contributed by atoms with van der Waals surface area (Å²) in [5.74, 6) is 0.852. The zero-order valence-corrected chi connectivity index (χ0v) is 8.46. The first-order chi connectivity index (χ1) is 6.16. The third kappa shape index (κ3) is 2.42. The van der Waals surface area contributed by atoms with Crippen LogP contribution in [0, 0.1) is 5.92 Å². The molecule has 2 aliphatic rings. The van der Waals surface area contributed by atoms with Crippen molar-refractivity contribution >= 4 is 0 Å². The van der Waals surface area contributed by atoms with Gasteiger partial charge in [-0.3, -0.25) is 4.90 Å². The molecule has 3 heteroatoms. The number of likely N-dealkylation sites (tertiary alicyclic amines) is 1. The topological polar surface area (TPSA) is 38.5 Å². The molecule has 0 aromatic rings. The molecule has 2 heterocycles. The largest absolute Gasteiger partial charge is 0.381 e. The van der Waals surface area contributed by atoms with Crippen molar-refractivity contribution in [2.75, 3.05) is 32.8 Å². The normalized spacial score (nSPS) is 30.0. The van der Waals surface area contributed by atoms with Gasteiger partial charge in [-0.25, -0.2) is 0 Å². The van der Waals surface area contributed by atoms with Gasteiger partial charge in [0.05, 0.1) is 0 Å². The average Bonchev–Trinajstić information content (AvgIpc) is 2.03. The minimum Gasteiger partial charge on any atom is -0.381 e. The highest BCUT2D eigenvalue weighted by Crippen LogP contribution is 2.22. The van der Waals surface area contributed by atoms with Crippen molar-refractivity contribution in [3.8, 4) is 0 Å². The lowest BCUT2D eigenvalue weighted by atomic mass is 9.90. The Morgan fingerprint density at radius 2 is 2.00 bits per heavy atom. The quantitative estimate of drug-likeness (QED) is 0.677. The van der Waals surface area contributed by atoms with Crippen molar-refractivity contribution in [3.63, 3.8) is 0 Å². The standard InChI is InChI=1S/C10H20N2O/c1-10(11)7-12(8-10)6-9-2-4-13-5-3-9/h9H,2-8,11H2,1H3. The zero-order chi connectivity index (χ0) is 9.31. The van der Waals surface area contributed by atoms with Crippen LogP contribution in [0.1, 0.15) is 19.8 Å². The lowest BCUT2D eigenvalue weighted by Crippen LogP contribution is -2.66. The fourth-order valence-electron chi connectivity index (χ4n) is 2.40. The molecule has 0 aliphatic carbocycles. The first-order valence-corrected chi connectivity index (χ1v) is 5.25. The van der Waals surface area contributed by atoms with Crippen LogP contribution in [-0.4, -0.2) is 43.3 Å². The van der Waals surface area contributed by atoms with Gasteiger partial charge >= 0.3 is 0 Å². The molecule has 76 valence electrons. The SMILES string of the molecule is CC1(N)CN(CC2CCOCC2)C1. The van der Waals surface area contributed by atoms with Gasteiger partial charge in [0, 0.05) is 38.4 Å². The van der Waals surface area contributed by atoms with E-state index in [0.717, 1.165) is 32.2 Å². The lowest BCUT2D eigenvalue weighted by Gasteiger charge is -2.47. The maximum Gasteiger partial charge on any atom is 0.0469 e. The average molecular weight is 184 g/mol. The Morgan fingerprint density at radius 1 is 1.38 bits per heavy atom. The summed E-state index contributed by atoms with van der Waals surface area (Å²) in [6.45, 7) is 7.43. The van der Waals surface area contributed by atoms with E-state index >= 15 is 0 Å². The molecule has 0 aromatic carbocycles. The Balaban J connectivity index is 1.68. The summed E-state index contributed by atoms with van der Waals surface area (Å²) < 4.78 is 5.33. The minimum atomic E-state index is 0.0885. The summed E-state index contributed by atoms with van der Waals surface area (Å²) in [7, 11) is 0. The van der Waals surface area contributed by atoms with E-state index in [-0.39, 0.29) is 5.54 Å². The molecule has 0 unspecified atom stereocenters. The van der Waals surface area contributed by atoms with Crippen LogP contribution in [-0.2, 0) is 4.74 Å². The maximum absolute atomic E-state index is 5.95. The summed E-state index contributed by atoms with van der Waals surface area (Å²) in [5.41, 5.74) is 6.04. The predicted octanol–water partition coefficient (Wildman–Crippen LogP) is 0.446. The van der Waals surface area contributed by atoms with Gasteiger partial charge in [0.2, 0.25) is 0 Å². The summed E-state index contributed by atoms with van der Waals surface area (Å²) in [6.07, 6.45) is 2.47. The van der Waals surface area contributed by atoms with Crippen molar-refractivity contribution in [1.82, 2.24) is 4.90 Å². The number of ether oxygens (including phenoxy) is 1. The Kier molecular flexibility index (Phi) is 2.58. The van der Waals surface area contributed by atoms with E-state index < -0.39 is 0 Å². The molecule has 13 heavy (non-hydrogen) atoms. The first kappa shape index (κ1) is 9.44. The number of nitrogens with zero attached hydrogens (tertiary/aromatic N) is 1. The Bertz CT molecular complexity index is 168. The number of hydrogen-bond donors (Lipinski definition) is 1. The molecule has 0 atom stereocenters. The van der Waals surface area contributed by atoms with Gasteiger partial charge in [-0.2, -0.15) is 0 Å². The van der Waals surface area contributed by atoms with E-state index in [4.69, 9.17) is 10.5 Å². The van der Waals surface area contributed by atoms with Crippen LogP contribution >= 0.6 is 0 Å². The lowest BCUT2D eigenvalue weighted by molar-refractivity contribution is 0.0200. The van der Waals surface area contributed by atoms with Crippen LogP contribution in [0.25, 0.3) is 0 Å². The molecule has 0 radical (unpaired) electrons. The monoisotopic (exact) mass is 184 g/mol. The molecule has 2 rings (SSSR count). The second-order valence-electron chi connectivity index (χ2n) is 4.88. The molecule has 0 bridgehead atoms. The van der Waals surface area contributed by atoms with Gasteiger partial charge in [0.25, 0.3) is 0 Å². The Morgan fingerprint density at radius 3 is 2.54 bits per heavy atom. The highest BCUT2D eigenvalue weighted by Gasteiger charge is 2.35. The molecule has 3 nitrogen and oxygen atoms in total. The smallest absolute Gasteiger partial charge is 0.0469 e. The van der Waals surface area contributed by atoms with Crippen molar-refractivity contribution < 1.29 is 4.74 Å². The van der Waals surface area contributed by atoms with Crippen LogP contribution in [0.4, 0.5) is 0 Å². The van der Waals surface area contributed by atoms with Gasteiger partial charge in [-0.1, -0.05) is 0 Å². The summed E-state index contributed by atoms with van der Waals surface area (Å²) in [6, 6.07) is 0. The van der Waals surface area contributed by atoms with Gasteiger partial charge in [-0.05, 0) is 25.7 Å². The van der Waals surface area contributed by atoms with E-state index in [1.54, 1.807) is 0 Å². The zero-order valence-electron chi connectivity index (χ0n) is 8.46. The second-order valence-corrected chi connectivity index (χ2v) is 4.88. The highest BCUT2D eigenvalue weighted by molar-refractivity contribution is 4.96. The van der Waals surface area contributed by atoms with Gasteiger partial charge in [0.15, 0.2) is 0 Å². The predicted molar refractivity (Wildman–Crippen MR) is 52.6 cm³/mol. The van der Waals surface area contributed by atoms with E-state index in [1.165, 1.54) is 19.4 Å². The van der Waals surface area contributed by atoms with Crippen molar-refractivity contribution in [1.29, 1.82) is 0 Å². The number of hydrogen-bond acceptors (Lipinski definition) is 3. The van der Waals surface area contributed by atoms with Crippen molar-refractivity contribution in [3.05, 3.63) is 0 Å². The summed E-state index contributed by atoms with van der Waals surface area (Å²) >= 11 is 0. The Hall–Kier alpha value is -0.120. The number of nitrogens with two attached hydrogens (primary N) is 1. The second kappa shape index (κ2) is 3.56. The molecule has 0 aromatic heterocycles. The van der Waals surface area contributed by atoms with Gasteiger partial charge in [0.1, 0.15) is 0 Å². The maximum atomic E-state index is 5.95. The summed E-state index contributed by atoms with van der Waals surface area (Å²) in [4.78, 5) is 2.47. The fourth-order valence-corrected chi connectivity index (χ4v) is 2.40. The van der Waals surface area contributed by atoms with Crippen LogP contribution in [0.3, 0.4) is 0 Å². The highest BCUT2D eigenvalue weighted by atomic mass is 16.5. The summed E-state index contributed by atoms with van der Waals surface area (Å²) in [5, 5.41) is 0. The molecule has 0 amide bonds. The van der Waals surface area contributed by atoms with Crippen molar-refractivity contribution in [2.24, 2.45) is 11.7 Å². The molecule has 2 aliphatic heterocycles. The van der Waals surface area contributed by atoms with E-state index in [0.29, 0.717) is 0 Å². The minimum absolute atomic E-state index is 0.0885. The van der Waals surface area contributed by atoms with Gasteiger partial charge in [-0.15, -0.1) is 0 Å². The van der Waals surface area contributed by atoms with Crippen LogP contribution < -0.4 is 5.73 Å². The van der Waals surface area contributed by atoms with Crippen LogP contribution in [0.5, 0.6) is 0 Å². The van der Waals surface area contributed by atoms with E-state index in [2.05, 4.69) is 11.8 Å². The molecular weight excluding hydrogens is 164 g/mol. The Labute approximate surface area is 80.2 Å². The van der Waals surface area contributed by atoms with Gasteiger partial charge < -0.3 is 10.5 Å².